The van der Waals surface area contributed by atoms with E-state index >= 15 is 0 Å². The number of hydrogen-bond donors (Lipinski definition) is 3. The van der Waals surface area contributed by atoms with E-state index in [0.717, 1.165) is 21.7 Å². The minimum absolute atomic E-state index is 0.0966. The Bertz CT molecular complexity index is 1850. The van der Waals surface area contributed by atoms with Gasteiger partial charge in [-0.05, 0) is 52.8 Å². The summed E-state index contributed by atoms with van der Waals surface area (Å²) in [6.07, 6.45) is -0.0694. The zero-order chi connectivity index (χ0) is 26.2. The first-order chi connectivity index (χ1) is 18.4. The van der Waals surface area contributed by atoms with Crippen LogP contribution in [0.15, 0.2) is 60.9 Å². The lowest BCUT2D eigenvalue weighted by molar-refractivity contribution is -0.128. The van der Waals surface area contributed by atoms with Crippen LogP contribution in [0.4, 0.5) is 5.82 Å². The molecule has 3 aromatic carbocycles. The van der Waals surface area contributed by atoms with E-state index in [9.17, 15) is 15.0 Å². The minimum atomic E-state index is -1.11. The van der Waals surface area contributed by atoms with Crippen LogP contribution in [0, 0.1) is 23.2 Å². The number of Topliss-reactive ketones (excluding diaryl/α,β-unsaturated/α-hetero) is 1. The molecule has 0 bridgehead atoms. The highest BCUT2D eigenvalue weighted by Gasteiger charge is 2.74. The zero-order valence-corrected chi connectivity index (χ0v) is 20.9. The second-order valence-corrected chi connectivity index (χ2v) is 10.2. The fourth-order valence-corrected chi connectivity index (χ4v) is 6.42. The van der Waals surface area contributed by atoms with Crippen molar-refractivity contribution in [3.8, 4) is 11.8 Å². The van der Waals surface area contributed by atoms with Crippen LogP contribution in [-0.2, 0) is 4.79 Å². The molecule has 2 heterocycles. The van der Waals surface area contributed by atoms with Crippen LogP contribution >= 0.6 is 0 Å². The normalized spacial score (nSPS) is 25.8. The van der Waals surface area contributed by atoms with Gasteiger partial charge in [0.25, 0.3) is 0 Å². The van der Waals surface area contributed by atoms with Crippen molar-refractivity contribution in [1.82, 2.24) is 19.5 Å². The van der Waals surface area contributed by atoms with Gasteiger partial charge in [-0.25, -0.2) is 15.0 Å². The molecule has 0 radical (unpaired) electrons. The SMILES string of the molecule is CNc1nc(C#Cc2cc3ccccc3c3ccccc23)nc2c1ncn2[C@@H]1C2C[C@]2(C(C)=O)C(O)[C@H]1O. The second-order valence-electron chi connectivity index (χ2n) is 10.2. The molecular formula is C30H25N5O3. The number of aromatic nitrogens is 4. The smallest absolute Gasteiger partial charge is 0.209 e. The lowest BCUT2D eigenvalue weighted by Gasteiger charge is -2.23. The summed E-state index contributed by atoms with van der Waals surface area (Å²) in [6.45, 7) is 1.48. The molecule has 5 aromatic rings. The summed E-state index contributed by atoms with van der Waals surface area (Å²) < 4.78 is 1.77. The van der Waals surface area contributed by atoms with Crippen molar-refractivity contribution in [1.29, 1.82) is 0 Å². The summed E-state index contributed by atoms with van der Waals surface area (Å²) in [7, 11) is 1.75. The van der Waals surface area contributed by atoms with E-state index in [-0.39, 0.29) is 11.7 Å². The number of anilines is 1. The highest BCUT2D eigenvalue weighted by Crippen LogP contribution is 2.68. The lowest BCUT2D eigenvalue weighted by Crippen LogP contribution is -2.36. The van der Waals surface area contributed by atoms with Crippen molar-refractivity contribution in [2.45, 2.75) is 31.6 Å². The van der Waals surface area contributed by atoms with E-state index in [1.54, 1.807) is 17.9 Å². The first kappa shape index (κ1) is 22.8. The molecule has 8 nitrogen and oxygen atoms in total. The van der Waals surface area contributed by atoms with Crippen molar-refractivity contribution >= 4 is 44.3 Å². The monoisotopic (exact) mass is 503 g/mol. The van der Waals surface area contributed by atoms with E-state index in [1.165, 1.54) is 12.3 Å². The van der Waals surface area contributed by atoms with Gasteiger partial charge in [0.1, 0.15) is 11.9 Å². The minimum Gasteiger partial charge on any atom is -0.389 e. The fraction of sp³-hybridized carbons (Fsp3) is 0.267. The maximum atomic E-state index is 12.3. The average molecular weight is 504 g/mol. The van der Waals surface area contributed by atoms with Crippen LogP contribution in [0.5, 0.6) is 0 Å². The Hall–Kier alpha value is -4.32. The van der Waals surface area contributed by atoms with Gasteiger partial charge in [-0.3, -0.25) is 4.79 Å². The average Bonchev–Trinajstić information content (AvgIpc) is 3.49. The molecule has 2 fully saturated rings. The van der Waals surface area contributed by atoms with Gasteiger partial charge in [-0.15, -0.1) is 0 Å². The van der Waals surface area contributed by atoms with Gasteiger partial charge in [-0.2, -0.15) is 0 Å². The molecule has 2 aliphatic rings. The number of benzene rings is 3. The Labute approximate surface area is 218 Å². The topological polar surface area (TPSA) is 113 Å². The van der Waals surface area contributed by atoms with Crippen LogP contribution in [0.2, 0.25) is 0 Å². The summed E-state index contributed by atoms with van der Waals surface area (Å²) in [4.78, 5) is 26.2. The predicted molar refractivity (Wildman–Crippen MR) is 145 cm³/mol. The number of fused-ring (bicyclic) bond motifs is 5. The van der Waals surface area contributed by atoms with E-state index < -0.39 is 23.7 Å². The van der Waals surface area contributed by atoms with Gasteiger partial charge in [-0.1, -0.05) is 54.5 Å². The van der Waals surface area contributed by atoms with Crippen molar-refractivity contribution in [3.05, 3.63) is 72.3 Å². The number of ketones is 1. The number of aliphatic hydroxyl groups excluding tert-OH is 2. The first-order valence-corrected chi connectivity index (χ1v) is 12.7. The maximum Gasteiger partial charge on any atom is 0.209 e. The summed E-state index contributed by atoms with van der Waals surface area (Å²) in [5, 5.41) is 29.2. The third-order valence-corrected chi connectivity index (χ3v) is 8.38. The Morgan fingerprint density at radius 2 is 1.79 bits per heavy atom. The van der Waals surface area contributed by atoms with Gasteiger partial charge >= 0.3 is 0 Å². The van der Waals surface area contributed by atoms with Gasteiger partial charge < -0.3 is 20.1 Å². The number of nitrogens with one attached hydrogen (secondary N) is 1. The molecule has 38 heavy (non-hydrogen) atoms. The van der Waals surface area contributed by atoms with Crippen LogP contribution in [0.25, 0.3) is 32.7 Å². The number of carbonyl (C=O) groups is 1. The molecule has 188 valence electrons. The summed E-state index contributed by atoms with van der Waals surface area (Å²) in [5.41, 5.74) is 1.02. The van der Waals surface area contributed by atoms with Crippen LogP contribution in [0.3, 0.4) is 0 Å². The number of aliphatic hydroxyl groups is 2. The molecule has 3 N–H and O–H groups in total. The number of rotatable bonds is 3. The number of imidazole rings is 1. The molecule has 0 spiro atoms. The Balaban J connectivity index is 1.36. The van der Waals surface area contributed by atoms with Crippen LogP contribution in [-0.4, -0.2) is 54.8 Å². The zero-order valence-electron chi connectivity index (χ0n) is 20.9. The Morgan fingerprint density at radius 1 is 1.05 bits per heavy atom. The molecule has 8 heteroatoms. The molecule has 2 aliphatic carbocycles. The van der Waals surface area contributed by atoms with Crippen molar-refractivity contribution in [3.63, 3.8) is 0 Å². The summed E-state index contributed by atoms with van der Waals surface area (Å²) >= 11 is 0. The third kappa shape index (κ3) is 3.06. The third-order valence-electron chi connectivity index (χ3n) is 8.38. The molecule has 0 saturated heterocycles. The molecule has 5 atom stereocenters. The van der Waals surface area contributed by atoms with E-state index in [2.05, 4.69) is 57.5 Å². The highest BCUT2D eigenvalue weighted by atomic mass is 16.3. The molecule has 7 rings (SSSR count). The second kappa shape index (κ2) is 8.09. The summed E-state index contributed by atoms with van der Waals surface area (Å²) in [5.74, 6) is 6.98. The van der Waals surface area contributed by atoms with Gasteiger partial charge in [0.2, 0.25) is 5.82 Å². The fourth-order valence-electron chi connectivity index (χ4n) is 6.42. The Kier molecular flexibility index (Phi) is 4.86. The predicted octanol–water partition coefficient (Wildman–Crippen LogP) is 3.45. The van der Waals surface area contributed by atoms with Gasteiger partial charge in [0.15, 0.2) is 17.0 Å². The van der Waals surface area contributed by atoms with Crippen molar-refractivity contribution in [2.24, 2.45) is 11.3 Å². The van der Waals surface area contributed by atoms with Crippen LogP contribution < -0.4 is 5.32 Å². The molecule has 0 aliphatic heterocycles. The molecule has 2 aromatic heterocycles. The molecule has 2 unspecified atom stereocenters. The maximum absolute atomic E-state index is 12.3. The van der Waals surface area contributed by atoms with Crippen LogP contribution in [0.1, 0.15) is 30.8 Å². The van der Waals surface area contributed by atoms with E-state index in [0.29, 0.717) is 29.2 Å². The lowest BCUT2D eigenvalue weighted by atomic mass is 9.95. The standard InChI is InChI=1S/C30H25N5O3/c1-16(36)30-14-22(30)25(26(37)27(30)38)35-15-32-24-28(31-2)33-23(34-29(24)35)12-11-18-13-17-7-3-4-8-19(17)21-10-6-5-9-20(18)21/h3-10,13,15,22,25-27,37-38H,14H2,1-2H3,(H,31,33,34)/t22?,25-,26+,27?,30-/m1/s1. The largest absolute Gasteiger partial charge is 0.389 e. The quantitative estimate of drug-likeness (QED) is 0.255. The van der Waals surface area contributed by atoms with Gasteiger partial charge in [0, 0.05) is 12.6 Å². The van der Waals surface area contributed by atoms with E-state index in [1.807, 2.05) is 24.3 Å². The summed E-state index contributed by atoms with van der Waals surface area (Å²) in [6, 6.07) is 18.0. The van der Waals surface area contributed by atoms with E-state index in [4.69, 9.17) is 4.98 Å². The Morgan fingerprint density at radius 3 is 2.53 bits per heavy atom. The first-order valence-electron chi connectivity index (χ1n) is 12.7. The molecule has 0 amide bonds. The van der Waals surface area contributed by atoms with Crippen molar-refractivity contribution < 1.29 is 15.0 Å². The number of nitrogens with zero attached hydrogens (tertiary/aromatic N) is 4. The number of carbonyl (C=O) groups excluding carboxylic acids is 1. The molecular weight excluding hydrogens is 478 g/mol. The number of hydrogen-bond acceptors (Lipinski definition) is 7. The highest BCUT2D eigenvalue weighted by molar-refractivity contribution is 6.09. The molecule has 2 saturated carbocycles. The van der Waals surface area contributed by atoms with Crippen molar-refractivity contribution in [2.75, 3.05) is 12.4 Å². The van der Waals surface area contributed by atoms with Gasteiger partial charge in [0.05, 0.1) is 23.9 Å².